The van der Waals surface area contributed by atoms with Crippen LogP contribution >= 0.6 is 0 Å². The molecule has 0 bridgehead atoms. The van der Waals surface area contributed by atoms with Gasteiger partial charge in [-0.1, -0.05) is 126 Å². The number of aliphatic hydroxyl groups is 1. The molecule has 1 aliphatic rings. The SMILES string of the molecule is Cc1ccc(S(=O)(=O)OC2C(O)OC(COC(c3ccccc3)(c3ccccc3)c3ccccc3)C2OS(=O)(=O)c2ccc(C)cc2)cc1. The Kier molecular flexibility index (Phi) is 10.1. The van der Waals surface area contributed by atoms with Crippen molar-refractivity contribution in [3.8, 4) is 0 Å². The summed E-state index contributed by atoms with van der Waals surface area (Å²) in [6, 6.07) is 40.4. The maximum atomic E-state index is 13.6. The first-order valence-electron chi connectivity index (χ1n) is 15.6. The van der Waals surface area contributed by atoms with E-state index in [4.69, 9.17) is 17.8 Å². The van der Waals surface area contributed by atoms with E-state index in [1.165, 1.54) is 24.3 Å². The average Bonchev–Trinajstić information content (AvgIpc) is 3.38. The third-order valence-electron chi connectivity index (χ3n) is 8.39. The van der Waals surface area contributed by atoms with Crippen LogP contribution in [0.1, 0.15) is 27.8 Å². The highest BCUT2D eigenvalue weighted by atomic mass is 32.2. The molecule has 6 rings (SSSR count). The van der Waals surface area contributed by atoms with Gasteiger partial charge in [-0.25, -0.2) is 0 Å². The second-order valence-corrected chi connectivity index (χ2v) is 15.0. The third kappa shape index (κ3) is 7.38. The fourth-order valence-corrected chi connectivity index (χ4v) is 8.03. The molecule has 9 nitrogen and oxygen atoms in total. The molecule has 4 unspecified atom stereocenters. The summed E-state index contributed by atoms with van der Waals surface area (Å²) in [5.74, 6) is 0. The van der Waals surface area contributed by atoms with Crippen molar-refractivity contribution in [1.82, 2.24) is 0 Å². The van der Waals surface area contributed by atoms with Gasteiger partial charge in [-0.05, 0) is 54.8 Å². The van der Waals surface area contributed by atoms with Gasteiger partial charge in [0.2, 0.25) is 0 Å². The number of ether oxygens (including phenoxy) is 2. The molecule has 5 aromatic rings. The summed E-state index contributed by atoms with van der Waals surface area (Å²) < 4.78 is 78.0. The number of benzene rings is 5. The summed E-state index contributed by atoms with van der Waals surface area (Å²) in [6.07, 6.45) is -6.59. The summed E-state index contributed by atoms with van der Waals surface area (Å²) in [5, 5.41) is 11.1. The molecule has 0 aliphatic carbocycles. The highest BCUT2D eigenvalue weighted by Crippen LogP contribution is 2.42. The summed E-state index contributed by atoms with van der Waals surface area (Å²) in [6.45, 7) is 3.27. The van der Waals surface area contributed by atoms with Crippen molar-refractivity contribution in [2.75, 3.05) is 6.61 Å². The predicted molar refractivity (Wildman–Crippen MR) is 183 cm³/mol. The Labute approximate surface area is 286 Å². The average molecular weight is 701 g/mol. The van der Waals surface area contributed by atoms with Gasteiger partial charge in [0.1, 0.15) is 17.8 Å². The van der Waals surface area contributed by atoms with Crippen molar-refractivity contribution in [3.05, 3.63) is 167 Å². The van der Waals surface area contributed by atoms with Crippen molar-refractivity contribution in [2.45, 2.75) is 53.8 Å². The largest absolute Gasteiger partial charge is 0.366 e. The smallest absolute Gasteiger partial charge is 0.297 e. The molecule has 0 radical (unpaired) electrons. The van der Waals surface area contributed by atoms with E-state index in [2.05, 4.69) is 0 Å². The molecule has 5 aromatic carbocycles. The van der Waals surface area contributed by atoms with Crippen molar-refractivity contribution in [2.24, 2.45) is 0 Å². The number of hydrogen-bond donors (Lipinski definition) is 1. The van der Waals surface area contributed by atoms with Crippen LogP contribution in [0.25, 0.3) is 0 Å². The molecule has 11 heteroatoms. The number of rotatable bonds is 12. The molecule has 1 saturated heterocycles. The van der Waals surface area contributed by atoms with Crippen molar-refractivity contribution >= 4 is 20.2 Å². The summed E-state index contributed by atoms with van der Waals surface area (Å²) in [4.78, 5) is -0.340. The van der Waals surface area contributed by atoms with Crippen LogP contribution in [0.5, 0.6) is 0 Å². The van der Waals surface area contributed by atoms with Gasteiger partial charge < -0.3 is 14.6 Å². The minimum Gasteiger partial charge on any atom is -0.366 e. The van der Waals surface area contributed by atoms with E-state index < -0.39 is 50.4 Å². The molecule has 0 aromatic heterocycles. The monoisotopic (exact) mass is 700 g/mol. The highest BCUT2D eigenvalue weighted by Gasteiger charge is 2.52. The lowest BCUT2D eigenvalue weighted by molar-refractivity contribution is -0.141. The second-order valence-electron chi connectivity index (χ2n) is 11.8. The van der Waals surface area contributed by atoms with Crippen LogP contribution in [0.15, 0.2) is 149 Å². The van der Waals surface area contributed by atoms with Gasteiger partial charge in [0, 0.05) is 0 Å². The van der Waals surface area contributed by atoms with Crippen LogP contribution in [0.2, 0.25) is 0 Å². The van der Waals surface area contributed by atoms with Crippen molar-refractivity contribution < 1.29 is 39.8 Å². The normalized spacial score (nSPS) is 19.9. The molecule has 1 aliphatic heterocycles. The first kappa shape index (κ1) is 34.7. The number of aliphatic hydroxyl groups excluding tert-OH is 1. The minimum atomic E-state index is -4.51. The molecular formula is C38H36O9S2. The third-order valence-corrected chi connectivity index (χ3v) is 11.0. The molecule has 1 heterocycles. The Morgan fingerprint density at radius 2 is 0.939 bits per heavy atom. The maximum absolute atomic E-state index is 13.6. The molecule has 1 N–H and O–H groups in total. The molecule has 0 amide bonds. The zero-order chi connectivity index (χ0) is 34.6. The Balaban J connectivity index is 1.40. The molecule has 1 fully saturated rings. The van der Waals surface area contributed by atoms with Crippen molar-refractivity contribution in [1.29, 1.82) is 0 Å². The summed E-state index contributed by atoms with van der Waals surface area (Å²) >= 11 is 0. The van der Waals surface area contributed by atoms with Crippen LogP contribution in [0, 0.1) is 13.8 Å². The minimum absolute atomic E-state index is 0.161. The van der Waals surface area contributed by atoms with Gasteiger partial charge in [-0.3, -0.25) is 8.37 Å². The van der Waals surface area contributed by atoms with Crippen molar-refractivity contribution in [3.63, 3.8) is 0 Å². The van der Waals surface area contributed by atoms with Crippen LogP contribution in [-0.2, 0) is 43.7 Å². The van der Waals surface area contributed by atoms with E-state index in [0.717, 1.165) is 27.8 Å². The molecule has 49 heavy (non-hydrogen) atoms. The fraction of sp³-hybridized carbons (Fsp3) is 0.211. The van der Waals surface area contributed by atoms with Gasteiger partial charge in [0.05, 0.1) is 16.4 Å². The standard InChI is InChI=1S/C38H36O9S2/c1-27-18-22-32(23-19-27)48(40,41)46-35-34(45-37(39)36(35)47-49(42,43)33-24-20-28(2)21-25-33)26-44-38(29-12-6-3-7-13-29,30-14-8-4-9-15-30)31-16-10-5-11-17-31/h3-25,34-37,39H,26H2,1-2H3. The van der Waals surface area contributed by atoms with Crippen LogP contribution < -0.4 is 0 Å². The van der Waals surface area contributed by atoms with E-state index in [0.29, 0.717) is 0 Å². The second kappa shape index (κ2) is 14.3. The molecule has 254 valence electrons. The number of hydrogen-bond acceptors (Lipinski definition) is 9. The number of aryl methyl sites for hydroxylation is 2. The first-order valence-corrected chi connectivity index (χ1v) is 18.5. The molecular weight excluding hydrogens is 665 g/mol. The zero-order valence-corrected chi connectivity index (χ0v) is 28.5. The van der Waals surface area contributed by atoms with Gasteiger partial charge in [-0.15, -0.1) is 0 Å². The zero-order valence-electron chi connectivity index (χ0n) is 26.8. The Bertz CT molecular complexity index is 1960. The first-order chi connectivity index (χ1) is 23.5. The fourth-order valence-electron chi connectivity index (χ4n) is 5.85. The lowest BCUT2D eigenvalue weighted by atomic mass is 9.80. The lowest BCUT2D eigenvalue weighted by Crippen LogP contribution is -2.43. The van der Waals surface area contributed by atoms with Gasteiger partial charge in [0.15, 0.2) is 12.4 Å². The van der Waals surface area contributed by atoms with Crippen LogP contribution in [0.4, 0.5) is 0 Å². The maximum Gasteiger partial charge on any atom is 0.297 e. The van der Waals surface area contributed by atoms with E-state index in [-0.39, 0.29) is 16.4 Å². The summed E-state index contributed by atoms with van der Waals surface area (Å²) in [7, 11) is -9.01. The Morgan fingerprint density at radius 1 is 0.571 bits per heavy atom. The molecule has 0 spiro atoms. The Morgan fingerprint density at radius 3 is 1.33 bits per heavy atom. The Hall–Kier alpha value is -4.20. The van der Waals surface area contributed by atoms with E-state index >= 15 is 0 Å². The van der Waals surface area contributed by atoms with Gasteiger partial charge in [0.25, 0.3) is 20.2 Å². The van der Waals surface area contributed by atoms with Gasteiger partial charge >= 0.3 is 0 Å². The van der Waals surface area contributed by atoms with Gasteiger partial charge in [-0.2, -0.15) is 16.8 Å². The van der Waals surface area contributed by atoms with Crippen LogP contribution in [-0.4, -0.2) is 53.2 Å². The van der Waals surface area contributed by atoms with Crippen LogP contribution in [0.3, 0.4) is 0 Å². The van der Waals surface area contributed by atoms with E-state index in [1.807, 2.05) is 97.9 Å². The quantitative estimate of drug-likeness (QED) is 0.126. The highest BCUT2D eigenvalue weighted by molar-refractivity contribution is 7.87. The summed E-state index contributed by atoms with van der Waals surface area (Å²) in [5.41, 5.74) is 2.73. The predicted octanol–water partition coefficient (Wildman–Crippen LogP) is 5.88. The van der Waals surface area contributed by atoms with E-state index in [9.17, 15) is 21.9 Å². The topological polar surface area (TPSA) is 125 Å². The molecule has 4 atom stereocenters. The molecule has 0 saturated carbocycles. The lowest BCUT2D eigenvalue weighted by Gasteiger charge is -2.37. The van der Waals surface area contributed by atoms with E-state index in [1.54, 1.807) is 31.2 Å².